The minimum absolute atomic E-state index is 0. The zero-order valence-corrected chi connectivity index (χ0v) is 11.6. The molecule has 0 amide bonds. The van der Waals surface area contributed by atoms with E-state index in [0.29, 0.717) is 19.6 Å². The maximum atomic E-state index is 13.0. The van der Waals surface area contributed by atoms with Crippen molar-refractivity contribution >= 4 is 22.4 Å². The van der Waals surface area contributed by atoms with Crippen LogP contribution < -0.4 is 5.32 Å². The first-order valence-electron chi connectivity index (χ1n) is 5.49. The minimum atomic E-state index is -3.56. The maximum Gasteiger partial charge on any atom is 0.243 e. The summed E-state index contributed by atoms with van der Waals surface area (Å²) in [6.45, 7) is 3.38. The Morgan fingerprint density at radius 3 is 2.78 bits per heavy atom. The highest BCUT2D eigenvalue weighted by Crippen LogP contribution is 2.17. The molecule has 1 atom stereocenters. The number of benzene rings is 1. The number of rotatable bonds is 2. The Bertz CT molecular complexity index is 510. The molecule has 4 nitrogen and oxygen atoms in total. The van der Waals surface area contributed by atoms with Gasteiger partial charge in [0.2, 0.25) is 10.0 Å². The van der Waals surface area contributed by atoms with Crippen molar-refractivity contribution < 1.29 is 12.8 Å². The molecule has 1 aliphatic rings. The number of hydrogen-bond donors (Lipinski definition) is 1. The van der Waals surface area contributed by atoms with Gasteiger partial charge in [0.05, 0.1) is 4.90 Å². The summed E-state index contributed by atoms with van der Waals surface area (Å²) in [5, 5.41) is 3.17. The molecule has 0 unspecified atom stereocenters. The molecule has 2 rings (SSSR count). The predicted molar refractivity (Wildman–Crippen MR) is 69.9 cm³/mol. The second-order valence-corrected chi connectivity index (χ2v) is 6.11. The smallest absolute Gasteiger partial charge is 0.243 e. The second-order valence-electron chi connectivity index (χ2n) is 4.18. The van der Waals surface area contributed by atoms with Gasteiger partial charge in [-0.2, -0.15) is 4.31 Å². The molecule has 1 saturated heterocycles. The molecule has 1 N–H and O–H groups in total. The van der Waals surface area contributed by atoms with Gasteiger partial charge in [0.1, 0.15) is 5.82 Å². The monoisotopic (exact) mass is 294 g/mol. The van der Waals surface area contributed by atoms with E-state index in [0.717, 1.165) is 6.07 Å². The van der Waals surface area contributed by atoms with E-state index in [-0.39, 0.29) is 23.3 Å². The van der Waals surface area contributed by atoms with Crippen LogP contribution in [0, 0.1) is 5.82 Å². The molecule has 0 radical (unpaired) electrons. The highest BCUT2D eigenvalue weighted by molar-refractivity contribution is 7.89. The second kappa shape index (κ2) is 5.97. The van der Waals surface area contributed by atoms with Gasteiger partial charge in [0, 0.05) is 25.7 Å². The predicted octanol–water partition coefficient (Wildman–Crippen LogP) is 1.23. The van der Waals surface area contributed by atoms with Crippen molar-refractivity contribution in [2.45, 2.75) is 17.9 Å². The Hall–Kier alpha value is -0.690. The number of sulfonamides is 1. The first-order chi connectivity index (χ1) is 8.00. The van der Waals surface area contributed by atoms with E-state index in [1.807, 2.05) is 6.92 Å². The first-order valence-corrected chi connectivity index (χ1v) is 6.93. The Labute approximate surface area is 113 Å². The van der Waals surface area contributed by atoms with Gasteiger partial charge in [-0.3, -0.25) is 0 Å². The Morgan fingerprint density at radius 1 is 1.44 bits per heavy atom. The zero-order valence-electron chi connectivity index (χ0n) is 9.97. The molecule has 0 aliphatic carbocycles. The minimum Gasteiger partial charge on any atom is -0.312 e. The standard InChI is InChI=1S/C11H15FN2O2S.ClH/c1-9-8-14(6-5-13-9)17(15,16)11-4-2-3-10(12)7-11;/h2-4,7,9,13H,5-6,8H2,1H3;1H/t9-;/m1./s1. The van der Waals surface area contributed by atoms with Crippen molar-refractivity contribution in [2.24, 2.45) is 0 Å². The SMILES string of the molecule is C[C@@H]1CN(S(=O)(=O)c2cccc(F)c2)CCN1.Cl. The van der Waals surface area contributed by atoms with Crippen molar-refractivity contribution in [2.75, 3.05) is 19.6 Å². The van der Waals surface area contributed by atoms with E-state index >= 15 is 0 Å². The molecule has 18 heavy (non-hydrogen) atoms. The van der Waals surface area contributed by atoms with Crippen LogP contribution in [-0.4, -0.2) is 38.4 Å². The first kappa shape index (κ1) is 15.4. The normalized spacial score (nSPS) is 21.3. The van der Waals surface area contributed by atoms with Crippen molar-refractivity contribution in [1.29, 1.82) is 0 Å². The molecule has 1 heterocycles. The average Bonchev–Trinajstić information content (AvgIpc) is 2.29. The van der Waals surface area contributed by atoms with Gasteiger partial charge >= 0.3 is 0 Å². The fourth-order valence-electron chi connectivity index (χ4n) is 1.89. The van der Waals surface area contributed by atoms with Crippen LogP contribution in [-0.2, 0) is 10.0 Å². The van der Waals surface area contributed by atoms with Gasteiger partial charge in [0.15, 0.2) is 0 Å². The highest BCUT2D eigenvalue weighted by atomic mass is 35.5. The third kappa shape index (κ3) is 3.20. The summed E-state index contributed by atoms with van der Waals surface area (Å²) in [6.07, 6.45) is 0. The lowest BCUT2D eigenvalue weighted by atomic mass is 10.3. The van der Waals surface area contributed by atoms with Crippen LogP contribution >= 0.6 is 12.4 Å². The van der Waals surface area contributed by atoms with Crippen molar-refractivity contribution in [3.05, 3.63) is 30.1 Å². The number of nitrogens with one attached hydrogen (secondary N) is 1. The molecule has 102 valence electrons. The summed E-state index contributed by atoms with van der Waals surface area (Å²) < 4.78 is 38.9. The molecule has 0 aromatic heterocycles. The largest absolute Gasteiger partial charge is 0.312 e. The highest BCUT2D eigenvalue weighted by Gasteiger charge is 2.28. The van der Waals surface area contributed by atoms with E-state index in [2.05, 4.69) is 5.32 Å². The van der Waals surface area contributed by atoms with Gasteiger partial charge in [-0.1, -0.05) is 6.07 Å². The van der Waals surface area contributed by atoms with Gasteiger partial charge in [-0.25, -0.2) is 12.8 Å². The van der Waals surface area contributed by atoms with Gasteiger partial charge in [-0.05, 0) is 25.1 Å². The topological polar surface area (TPSA) is 49.4 Å². The summed E-state index contributed by atoms with van der Waals surface area (Å²) in [7, 11) is -3.56. The Balaban J connectivity index is 0.00000162. The van der Waals surface area contributed by atoms with E-state index in [1.54, 1.807) is 0 Å². The summed E-state index contributed by atoms with van der Waals surface area (Å²) in [6, 6.07) is 5.24. The Kier molecular flexibility index (Phi) is 5.10. The number of piperazine rings is 1. The molecular weight excluding hydrogens is 279 g/mol. The third-order valence-corrected chi connectivity index (χ3v) is 4.63. The van der Waals surface area contributed by atoms with Crippen LogP contribution in [0.25, 0.3) is 0 Å². The maximum absolute atomic E-state index is 13.0. The average molecular weight is 295 g/mol. The van der Waals surface area contributed by atoms with Crippen LogP contribution in [0.3, 0.4) is 0 Å². The van der Waals surface area contributed by atoms with Crippen LogP contribution in [0.2, 0.25) is 0 Å². The fraction of sp³-hybridized carbons (Fsp3) is 0.455. The fourth-order valence-corrected chi connectivity index (χ4v) is 3.45. The molecule has 1 aromatic rings. The number of hydrogen-bond acceptors (Lipinski definition) is 3. The van der Waals surface area contributed by atoms with Crippen molar-refractivity contribution in [3.63, 3.8) is 0 Å². The lowest BCUT2D eigenvalue weighted by Gasteiger charge is -2.30. The van der Waals surface area contributed by atoms with Crippen LogP contribution in [0.1, 0.15) is 6.92 Å². The quantitative estimate of drug-likeness (QED) is 0.892. The van der Waals surface area contributed by atoms with E-state index in [4.69, 9.17) is 0 Å². The molecule has 1 aliphatic heterocycles. The summed E-state index contributed by atoms with van der Waals surface area (Å²) in [4.78, 5) is 0.0200. The van der Waals surface area contributed by atoms with Gasteiger partial charge in [0.25, 0.3) is 0 Å². The van der Waals surface area contributed by atoms with Crippen LogP contribution in [0.5, 0.6) is 0 Å². The Morgan fingerprint density at radius 2 is 2.17 bits per heavy atom. The third-order valence-electron chi connectivity index (χ3n) is 2.77. The molecule has 0 spiro atoms. The van der Waals surface area contributed by atoms with Gasteiger partial charge in [-0.15, -0.1) is 12.4 Å². The van der Waals surface area contributed by atoms with Crippen LogP contribution in [0.15, 0.2) is 29.2 Å². The molecule has 7 heteroatoms. The van der Waals surface area contributed by atoms with Crippen molar-refractivity contribution in [3.8, 4) is 0 Å². The lowest BCUT2D eigenvalue weighted by Crippen LogP contribution is -2.51. The number of halogens is 2. The van der Waals surface area contributed by atoms with Crippen LogP contribution in [0.4, 0.5) is 4.39 Å². The summed E-state index contributed by atoms with van der Waals surface area (Å²) >= 11 is 0. The summed E-state index contributed by atoms with van der Waals surface area (Å²) in [5.41, 5.74) is 0. The molecule has 1 fully saturated rings. The molecule has 1 aromatic carbocycles. The van der Waals surface area contributed by atoms with E-state index < -0.39 is 15.8 Å². The number of nitrogens with zero attached hydrogens (tertiary/aromatic N) is 1. The molecule has 0 bridgehead atoms. The van der Waals surface area contributed by atoms with E-state index in [1.165, 1.54) is 22.5 Å². The zero-order chi connectivity index (χ0) is 12.5. The molecule has 0 saturated carbocycles. The lowest BCUT2D eigenvalue weighted by molar-refractivity contribution is 0.310. The van der Waals surface area contributed by atoms with Gasteiger partial charge < -0.3 is 5.32 Å². The summed E-state index contributed by atoms with van der Waals surface area (Å²) in [5.74, 6) is -0.533. The molecular formula is C11H16ClFN2O2S. The van der Waals surface area contributed by atoms with E-state index in [9.17, 15) is 12.8 Å². The van der Waals surface area contributed by atoms with Crippen molar-refractivity contribution in [1.82, 2.24) is 9.62 Å².